The lowest BCUT2D eigenvalue weighted by Gasteiger charge is -2.27. The van der Waals surface area contributed by atoms with Crippen LogP contribution < -0.4 is 11.5 Å². The van der Waals surface area contributed by atoms with E-state index in [1.807, 2.05) is 38.1 Å². The zero-order chi connectivity index (χ0) is 20.0. The molecule has 0 aliphatic carbocycles. The molecule has 2 nitrogen and oxygen atoms in total. The Morgan fingerprint density at radius 2 is 0.889 bits per heavy atom. The minimum Gasteiger partial charge on any atom is -0.399 e. The maximum Gasteiger partial charge on any atom is 0.0314 e. The van der Waals surface area contributed by atoms with Crippen molar-refractivity contribution in [3.05, 3.63) is 95.1 Å². The van der Waals surface area contributed by atoms with Crippen molar-refractivity contribution in [2.75, 3.05) is 11.5 Å². The first kappa shape index (κ1) is 20.6. The maximum atomic E-state index is 5.82. The molecule has 1 atom stereocenters. The molecule has 0 aliphatic rings. The van der Waals surface area contributed by atoms with E-state index in [1.54, 1.807) is 0 Å². The van der Waals surface area contributed by atoms with E-state index in [1.165, 1.54) is 22.3 Å². The smallest absolute Gasteiger partial charge is 0.0314 e. The Balaban J connectivity index is 0.00000126. The zero-order valence-electron chi connectivity index (χ0n) is 17.2. The van der Waals surface area contributed by atoms with Gasteiger partial charge in [0.25, 0.3) is 0 Å². The molecule has 0 fully saturated rings. The monoisotopic (exact) mass is 360 g/mol. The van der Waals surface area contributed by atoms with Crippen LogP contribution in [-0.2, 0) is 5.41 Å². The van der Waals surface area contributed by atoms with Crippen molar-refractivity contribution in [3.8, 4) is 0 Å². The summed E-state index contributed by atoms with van der Waals surface area (Å²) in [6.45, 7) is 10.7. The van der Waals surface area contributed by atoms with Crippen LogP contribution in [0.1, 0.15) is 62.8 Å². The van der Waals surface area contributed by atoms with Crippen molar-refractivity contribution in [1.82, 2.24) is 0 Å². The van der Waals surface area contributed by atoms with E-state index in [0.717, 1.165) is 11.4 Å². The minimum atomic E-state index is -0.0589. The highest BCUT2D eigenvalue weighted by Gasteiger charge is 2.23. The van der Waals surface area contributed by atoms with Gasteiger partial charge in [-0.25, -0.2) is 0 Å². The highest BCUT2D eigenvalue weighted by Crippen LogP contribution is 2.33. The number of nitrogen functional groups attached to an aromatic ring is 2. The van der Waals surface area contributed by atoms with Crippen LogP contribution in [0.5, 0.6) is 0 Å². The molecule has 4 N–H and O–H groups in total. The predicted molar refractivity (Wildman–Crippen MR) is 119 cm³/mol. The van der Waals surface area contributed by atoms with Gasteiger partial charge in [-0.1, -0.05) is 83.1 Å². The Kier molecular flexibility index (Phi) is 6.68. The molecule has 142 valence electrons. The molecule has 3 rings (SSSR count). The molecular weight excluding hydrogens is 328 g/mol. The van der Waals surface area contributed by atoms with Crippen LogP contribution in [0.3, 0.4) is 0 Å². The van der Waals surface area contributed by atoms with Gasteiger partial charge in [-0.3, -0.25) is 0 Å². The topological polar surface area (TPSA) is 52.0 Å². The lowest BCUT2D eigenvalue weighted by Crippen LogP contribution is -2.18. The number of rotatable bonds is 4. The van der Waals surface area contributed by atoms with Crippen LogP contribution in [0.4, 0.5) is 11.4 Å². The van der Waals surface area contributed by atoms with Gasteiger partial charge in [0.05, 0.1) is 0 Å². The average Bonchev–Trinajstić information content (AvgIpc) is 2.70. The van der Waals surface area contributed by atoms with Crippen molar-refractivity contribution in [2.24, 2.45) is 0 Å². The number of anilines is 2. The fourth-order valence-corrected chi connectivity index (χ4v) is 3.23. The summed E-state index contributed by atoms with van der Waals surface area (Å²) in [5, 5.41) is 0. The molecule has 0 radical (unpaired) electrons. The van der Waals surface area contributed by atoms with Crippen molar-refractivity contribution in [1.29, 1.82) is 0 Å². The molecule has 2 heteroatoms. The Morgan fingerprint density at radius 1 is 0.593 bits per heavy atom. The van der Waals surface area contributed by atoms with E-state index in [9.17, 15) is 0 Å². The highest BCUT2D eigenvalue weighted by atomic mass is 14.5. The van der Waals surface area contributed by atoms with Gasteiger partial charge in [0, 0.05) is 22.7 Å². The number of nitrogens with two attached hydrogens (primary N) is 2. The molecule has 1 unspecified atom stereocenters. The third-order valence-corrected chi connectivity index (χ3v) is 5.20. The van der Waals surface area contributed by atoms with Gasteiger partial charge in [-0.15, -0.1) is 0 Å². The van der Waals surface area contributed by atoms with E-state index in [0.29, 0.717) is 5.92 Å². The number of benzene rings is 3. The fourth-order valence-electron chi connectivity index (χ4n) is 3.23. The summed E-state index contributed by atoms with van der Waals surface area (Å²) in [7, 11) is 0. The van der Waals surface area contributed by atoms with E-state index in [4.69, 9.17) is 11.5 Å². The molecule has 0 amide bonds. The van der Waals surface area contributed by atoms with Gasteiger partial charge in [0.2, 0.25) is 0 Å². The largest absolute Gasteiger partial charge is 0.399 e. The van der Waals surface area contributed by atoms with Crippen LogP contribution >= 0.6 is 0 Å². The van der Waals surface area contributed by atoms with Gasteiger partial charge in [0.15, 0.2) is 0 Å². The molecule has 0 spiro atoms. The molecule has 3 aromatic carbocycles. The highest BCUT2D eigenvalue weighted by molar-refractivity contribution is 5.46. The van der Waals surface area contributed by atoms with Crippen LogP contribution in [0.25, 0.3) is 0 Å². The van der Waals surface area contributed by atoms with Crippen molar-refractivity contribution < 1.29 is 0 Å². The number of hydrogen-bond acceptors (Lipinski definition) is 2. The Bertz CT molecular complexity index is 829. The summed E-state index contributed by atoms with van der Waals surface area (Å²) in [4.78, 5) is 0. The maximum absolute atomic E-state index is 5.82. The Labute approximate surface area is 164 Å². The summed E-state index contributed by atoms with van der Waals surface area (Å²) < 4.78 is 0. The standard InChI is InChI=1S/C23H26N2.C2H6/c1-16(18-6-12-21(24)13-7-18)17-4-8-19(9-5-17)23(2,3)20-10-14-22(25)15-11-20;1-2/h4-16H,24-25H2,1-3H3;1-2H3. The van der Waals surface area contributed by atoms with Gasteiger partial charge in [0.1, 0.15) is 0 Å². The second-order valence-electron chi connectivity index (χ2n) is 7.26. The summed E-state index contributed by atoms with van der Waals surface area (Å²) in [6.07, 6.45) is 0. The molecule has 0 aromatic heterocycles. The predicted octanol–water partition coefficient (Wildman–Crippen LogP) is 6.35. The van der Waals surface area contributed by atoms with Gasteiger partial charge in [-0.05, 0) is 46.5 Å². The van der Waals surface area contributed by atoms with Gasteiger partial charge in [-0.2, -0.15) is 0 Å². The third-order valence-electron chi connectivity index (χ3n) is 5.20. The zero-order valence-corrected chi connectivity index (χ0v) is 17.2. The van der Waals surface area contributed by atoms with E-state index in [-0.39, 0.29) is 5.41 Å². The van der Waals surface area contributed by atoms with Crippen molar-refractivity contribution in [3.63, 3.8) is 0 Å². The summed E-state index contributed by atoms with van der Waals surface area (Å²) >= 11 is 0. The molecular formula is C25H32N2. The Morgan fingerprint density at radius 3 is 1.30 bits per heavy atom. The minimum absolute atomic E-state index is 0.0589. The van der Waals surface area contributed by atoms with Crippen molar-refractivity contribution in [2.45, 2.75) is 46.0 Å². The lowest BCUT2D eigenvalue weighted by atomic mass is 9.77. The molecule has 0 aliphatic heterocycles. The summed E-state index contributed by atoms with van der Waals surface area (Å²) in [5.41, 5.74) is 18.3. The first-order chi connectivity index (χ1) is 12.9. The molecule has 0 saturated carbocycles. The third kappa shape index (κ3) is 4.71. The van der Waals surface area contributed by atoms with E-state index >= 15 is 0 Å². The lowest BCUT2D eigenvalue weighted by molar-refractivity contribution is 0.640. The Hall–Kier alpha value is -2.74. The second-order valence-corrected chi connectivity index (χ2v) is 7.26. The SMILES string of the molecule is CC.CC(c1ccc(N)cc1)c1ccc(C(C)(C)c2ccc(N)cc2)cc1. The average molecular weight is 361 g/mol. The first-order valence-corrected chi connectivity index (χ1v) is 9.70. The van der Waals surface area contributed by atoms with Crippen LogP contribution in [0.2, 0.25) is 0 Å². The molecule has 27 heavy (non-hydrogen) atoms. The molecule has 3 aromatic rings. The summed E-state index contributed by atoms with van der Waals surface area (Å²) in [5.74, 6) is 0.342. The molecule has 0 bridgehead atoms. The van der Waals surface area contributed by atoms with Crippen LogP contribution in [0, 0.1) is 0 Å². The van der Waals surface area contributed by atoms with E-state index in [2.05, 4.69) is 69.3 Å². The number of hydrogen-bond donors (Lipinski definition) is 2. The van der Waals surface area contributed by atoms with Crippen molar-refractivity contribution >= 4 is 11.4 Å². The van der Waals surface area contributed by atoms with Gasteiger partial charge >= 0.3 is 0 Å². The van der Waals surface area contributed by atoms with E-state index < -0.39 is 0 Å². The van der Waals surface area contributed by atoms with Crippen LogP contribution in [0.15, 0.2) is 72.8 Å². The van der Waals surface area contributed by atoms with Crippen LogP contribution in [-0.4, -0.2) is 0 Å². The second kappa shape index (κ2) is 8.77. The normalized spacial score (nSPS) is 12.0. The first-order valence-electron chi connectivity index (χ1n) is 9.70. The fraction of sp³-hybridized carbons (Fsp3) is 0.280. The van der Waals surface area contributed by atoms with Gasteiger partial charge < -0.3 is 11.5 Å². The molecule has 0 saturated heterocycles. The summed E-state index contributed by atoms with van der Waals surface area (Å²) in [6, 6.07) is 25.2. The molecule has 0 heterocycles. The quantitative estimate of drug-likeness (QED) is 0.532.